The Bertz CT molecular complexity index is 1150. The van der Waals surface area contributed by atoms with Crippen LogP contribution in [0.1, 0.15) is 112 Å². The summed E-state index contributed by atoms with van der Waals surface area (Å²) in [6.07, 6.45) is -0.736. The molecular weight excluding hydrogens is 606 g/mol. The van der Waals surface area contributed by atoms with Gasteiger partial charge in [-0.05, 0) is 89.5 Å². The third-order valence-electron chi connectivity index (χ3n) is 8.58. The molecule has 2 aliphatic carbocycles. The number of alkyl halides is 3. The summed E-state index contributed by atoms with van der Waals surface area (Å²) in [5.41, 5.74) is 3.53. The lowest BCUT2D eigenvalue weighted by atomic mass is 9.73. The van der Waals surface area contributed by atoms with Crippen LogP contribution in [0.4, 0.5) is 13.2 Å². The van der Waals surface area contributed by atoms with Gasteiger partial charge in [-0.1, -0.05) is 53.2 Å². The minimum Gasteiger partial charge on any atom is -0.410 e. The number of pyridine rings is 1. The number of aliphatic hydroxyl groups is 1. The van der Waals surface area contributed by atoms with Gasteiger partial charge in [0.15, 0.2) is 8.32 Å². The second-order valence-corrected chi connectivity index (χ2v) is 19.0. The zero-order valence-corrected chi connectivity index (χ0v) is 26.0. The molecule has 1 saturated carbocycles. The third kappa shape index (κ3) is 5.82. The molecule has 1 fully saturated rings. The number of hydrogen-bond donors (Lipinski definition) is 1. The summed E-state index contributed by atoms with van der Waals surface area (Å²) in [4.78, 5) is 5.23. The molecular formula is C29H39F3INO2Si. The zero-order valence-electron chi connectivity index (χ0n) is 22.9. The molecule has 4 rings (SSSR count). The molecule has 1 N–H and O–H groups in total. The van der Waals surface area contributed by atoms with E-state index >= 15 is 0 Å². The number of rotatable bonds is 5. The molecule has 2 aliphatic rings. The first-order valence-electron chi connectivity index (χ1n) is 13.2. The van der Waals surface area contributed by atoms with E-state index in [1.807, 2.05) is 0 Å². The lowest BCUT2D eigenvalue weighted by Gasteiger charge is -2.45. The third-order valence-corrected chi connectivity index (χ3v) is 14.2. The predicted octanol–water partition coefficient (Wildman–Crippen LogP) is 9.09. The molecule has 0 radical (unpaired) electrons. The average Bonchev–Trinajstić information content (AvgIpc) is 2.69. The van der Waals surface area contributed by atoms with E-state index in [1.54, 1.807) is 0 Å². The van der Waals surface area contributed by atoms with Crippen molar-refractivity contribution in [3.05, 3.63) is 61.5 Å². The first-order chi connectivity index (χ1) is 16.9. The van der Waals surface area contributed by atoms with Gasteiger partial charge in [0.1, 0.15) is 6.10 Å². The smallest absolute Gasteiger partial charge is 0.410 e. The van der Waals surface area contributed by atoms with Gasteiger partial charge in [-0.2, -0.15) is 13.2 Å². The Morgan fingerprint density at radius 3 is 2.19 bits per heavy atom. The molecule has 0 amide bonds. The number of hydrogen-bond acceptors (Lipinski definition) is 3. The van der Waals surface area contributed by atoms with Crippen LogP contribution in [0.5, 0.6) is 0 Å². The number of halogens is 4. The second-order valence-electron chi connectivity index (χ2n) is 13.1. The Balaban J connectivity index is 1.85. The molecule has 1 heterocycles. The van der Waals surface area contributed by atoms with Crippen LogP contribution in [-0.2, 0) is 17.0 Å². The van der Waals surface area contributed by atoms with E-state index in [0.717, 1.165) is 70.3 Å². The topological polar surface area (TPSA) is 42.4 Å². The molecule has 37 heavy (non-hydrogen) atoms. The maximum Gasteiger partial charge on any atom is 0.416 e. The van der Waals surface area contributed by atoms with Crippen LogP contribution in [0.15, 0.2) is 24.3 Å². The molecule has 2 aromatic rings. The van der Waals surface area contributed by atoms with Crippen molar-refractivity contribution in [3.63, 3.8) is 0 Å². The summed E-state index contributed by atoms with van der Waals surface area (Å²) in [6.45, 7) is 15.7. The van der Waals surface area contributed by atoms with E-state index < -0.39 is 26.2 Å². The summed E-state index contributed by atoms with van der Waals surface area (Å²) >= 11 is 2.34. The molecule has 1 aromatic heterocycles. The molecule has 0 aliphatic heterocycles. The molecule has 0 bridgehead atoms. The number of aliphatic hydroxyl groups excluding tert-OH is 1. The van der Waals surface area contributed by atoms with Crippen LogP contribution in [0.3, 0.4) is 0 Å². The lowest BCUT2D eigenvalue weighted by molar-refractivity contribution is -0.137. The molecule has 3 nitrogen and oxygen atoms in total. The number of aromatic nitrogens is 1. The van der Waals surface area contributed by atoms with Gasteiger partial charge in [0.2, 0.25) is 0 Å². The Labute approximate surface area is 233 Å². The Hall–Kier alpha value is -0.973. The Morgan fingerprint density at radius 2 is 1.70 bits per heavy atom. The standard InChI is InChI=1S/C29H39F3INO2Si/c1-27(2,3)37(6,7)36-21-16-28(4,5)15-20-22(21)24(33)23(25(34-20)17-9-8-10-17)26(35)18-11-13-19(14-12-18)29(30,31)32/h11-14,17,21,26,35H,8-10,15-16H2,1-7H3/t21-,26-/m0/s1. The van der Waals surface area contributed by atoms with Gasteiger partial charge in [0.05, 0.1) is 17.4 Å². The van der Waals surface area contributed by atoms with Crippen LogP contribution in [0, 0.1) is 8.99 Å². The number of benzene rings is 1. The highest BCUT2D eigenvalue weighted by molar-refractivity contribution is 14.1. The van der Waals surface area contributed by atoms with Crippen LogP contribution in [-0.4, -0.2) is 18.4 Å². The largest absolute Gasteiger partial charge is 0.416 e. The quantitative estimate of drug-likeness (QED) is 0.261. The minimum atomic E-state index is -4.41. The fraction of sp³-hybridized carbons (Fsp3) is 0.621. The minimum absolute atomic E-state index is 0.0283. The molecule has 8 heteroatoms. The van der Waals surface area contributed by atoms with Gasteiger partial charge in [0, 0.05) is 26.3 Å². The van der Waals surface area contributed by atoms with Gasteiger partial charge < -0.3 is 9.53 Å². The fourth-order valence-corrected chi connectivity index (χ4v) is 7.64. The van der Waals surface area contributed by atoms with Crippen LogP contribution in [0.2, 0.25) is 18.1 Å². The zero-order chi connectivity index (χ0) is 27.6. The average molecular weight is 646 g/mol. The summed E-state index contributed by atoms with van der Waals surface area (Å²) < 4.78 is 47.4. The lowest BCUT2D eigenvalue weighted by Crippen LogP contribution is -2.44. The van der Waals surface area contributed by atoms with Crippen molar-refractivity contribution >= 4 is 30.9 Å². The molecule has 2 atom stereocenters. The highest BCUT2D eigenvalue weighted by Crippen LogP contribution is 2.51. The van der Waals surface area contributed by atoms with E-state index in [9.17, 15) is 18.3 Å². The van der Waals surface area contributed by atoms with Gasteiger partial charge in [-0.3, -0.25) is 4.98 Å². The highest BCUT2D eigenvalue weighted by Gasteiger charge is 2.45. The second kappa shape index (κ2) is 9.89. The van der Waals surface area contributed by atoms with Gasteiger partial charge in [0.25, 0.3) is 0 Å². The first-order valence-corrected chi connectivity index (χ1v) is 17.1. The van der Waals surface area contributed by atoms with Gasteiger partial charge >= 0.3 is 6.18 Å². The van der Waals surface area contributed by atoms with E-state index in [1.165, 1.54) is 12.1 Å². The SMILES string of the molecule is CC1(C)Cc2nc(C3CCC3)c([C@@H](O)c3ccc(C(F)(F)F)cc3)c(I)c2[C@@H](O[Si](C)(C)C(C)(C)C)C1. The van der Waals surface area contributed by atoms with Crippen molar-refractivity contribution < 1.29 is 22.7 Å². The molecule has 0 spiro atoms. The van der Waals surface area contributed by atoms with Crippen molar-refractivity contribution in [1.29, 1.82) is 0 Å². The van der Waals surface area contributed by atoms with Crippen LogP contribution < -0.4 is 0 Å². The van der Waals surface area contributed by atoms with Crippen LogP contribution in [0.25, 0.3) is 0 Å². The summed E-state index contributed by atoms with van der Waals surface area (Å²) in [5.74, 6) is 0.266. The molecule has 204 valence electrons. The summed E-state index contributed by atoms with van der Waals surface area (Å²) in [5, 5.41) is 11.7. The predicted molar refractivity (Wildman–Crippen MR) is 152 cm³/mol. The van der Waals surface area contributed by atoms with Crippen molar-refractivity contribution in [1.82, 2.24) is 4.98 Å². The molecule has 0 saturated heterocycles. The fourth-order valence-electron chi connectivity index (χ4n) is 5.15. The van der Waals surface area contributed by atoms with Gasteiger partial charge in [-0.15, -0.1) is 0 Å². The van der Waals surface area contributed by atoms with Crippen molar-refractivity contribution in [2.75, 3.05) is 0 Å². The molecule has 0 unspecified atom stereocenters. The van der Waals surface area contributed by atoms with E-state index in [4.69, 9.17) is 9.41 Å². The summed E-state index contributed by atoms with van der Waals surface area (Å²) in [6, 6.07) is 4.87. The number of nitrogens with zero attached hydrogens (tertiary/aromatic N) is 1. The monoisotopic (exact) mass is 645 g/mol. The van der Waals surface area contributed by atoms with E-state index in [2.05, 4.69) is 70.3 Å². The van der Waals surface area contributed by atoms with Crippen molar-refractivity contribution in [2.24, 2.45) is 5.41 Å². The Morgan fingerprint density at radius 1 is 1.11 bits per heavy atom. The van der Waals surface area contributed by atoms with E-state index in [-0.39, 0.29) is 22.5 Å². The van der Waals surface area contributed by atoms with E-state index in [0.29, 0.717) is 5.56 Å². The normalized spacial score (nSPS) is 21.4. The van der Waals surface area contributed by atoms with Crippen LogP contribution >= 0.6 is 22.6 Å². The van der Waals surface area contributed by atoms with Gasteiger partial charge in [-0.25, -0.2) is 0 Å². The summed E-state index contributed by atoms with van der Waals surface area (Å²) in [7, 11) is -2.11. The maximum atomic E-state index is 13.2. The van der Waals surface area contributed by atoms with Crippen molar-refractivity contribution in [3.8, 4) is 0 Å². The number of fused-ring (bicyclic) bond motifs is 1. The maximum absolute atomic E-state index is 13.2. The molecule has 1 aromatic carbocycles. The van der Waals surface area contributed by atoms with Crippen molar-refractivity contribution in [2.45, 2.75) is 109 Å². The highest BCUT2D eigenvalue weighted by atomic mass is 127. The Kier molecular flexibility index (Phi) is 7.76. The first kappa shape index (κ1) is 29.0.